The largest absolute Gasteiger partial charge is 0.504 e. The van der Waals surface area contributed by atoms with Crippen LogP contribution in [0.5, 0.6) is 11.5 Å². The lowest BCUT2D eigenvalue weighted by atomic mass is 9.60. The molecule has 1 aromatic rings. The summed E-state index contributed by atoms with van der Waals surface area (Å²) in [7, 11) is 1.65. The Labute approximate surface area is 262 Å². The number of aliphatic hydroxyl groups excluding tert-OH is 2. The number of nitrogens with two attached hydrogens (primary N) is 1. The lowest BCUT2D eigenvalue weighted by molar-refractivity contribution is -0.151. The van der Waals surface area contributed by atoms with Crippen molar-refractivity contribution < 1.29 is 29.6 Å². The zero-order valence-corrected chi connectivity index (χ0v) is 26.7. The first kappa shape index (κ1) is 33.9. The monoisotopic (exact) mass is 612 g/mol. The normalized spacial score (nSPS) is 28.0. The summed E-state index contributed by atoms with van der Waals surface area (Å²) in [5.74, 6) is 7.27. The number of hydrogen-bond donors (Lipinski definition) is 6. The third-order valence-electron chi connectivity index (χ3n) is 10.1. The number of phenolic OH excluding ortho intramolecular Hbond substituents is 1. The molecule has 244 valence electrons. The SMILES string of the molecule is CN=C(N)NC[C@@]1(C2(C)CCCC2)C#CC[C@H](Cc2cc(OC3CCNCC3)c(O)cc2CO)[C@@H](OC(C)=O)C[C@@H](O)CC1. The Hall–Kier alpha value is -3.00. The first-order valence-electron chi connectivity index (χ1n) is 16.2. The second-order valence-electron chi connectivity index (χ2n) is 13.2. The van der Waals surface area contributed by atoms with Crippen LogP contribution in [0.25, 0.3) is 0 Å². The molecule has 3 aliphatic rings. The summed E-state index contributed by atoms with van der Waals surface area (Å²) in [6.07, 6.45) is 7.13. The summed E-state index contributed by atoms with van der Waals surface area (Å²) in [4.78, 5) is 16.3. The molecule has 1 aliphatic heterocycles. The van der Waals surface area contributed by atoms with Crippen molar-refractivity contribution in [2.45, 2.75) is 109 Å². The van der Waals surface area contributed by atoms with E-state index in [1.807, 2.05) is 0 Å². The fraction of sp³-hybridized carbons (Fsp3) is 0.706. The predicted octanol–water partition coefficient (Wildman–Crippen LogP) is 3.14. The topological polar surface area (TPSA) is 159 Å². The van der Waals surface area contributed by atoms with Crippen LogP contribution in [0, 0.1) is 28.6 Å². The van der Waals surface area contributed by atoms with Crippen LogP contribution >= 0.6 is 0 Å². The van der Waals surface area contributed by atoms with Crippen LogP contribution in [0.2, 0.25) is 0 Å². The lowest BCUT2D eigenvalue weighted by Gasteiger charge is -2.45. The van der Waals surface area contributed by atoms with E-state index in [9.17, 15) is 20.1 Å². The Morgan fingerprint density at radius 2 is 1.91 bits per heavy atom. The van der Waals surface area contributed by atoms with E-state index in [1.54, 1.807) is 19.2 Å². The highest BCUT2D eigenvalue weighted by Crippen LogP contribution is 2.53. The van der Waals surface area contributed by atoms with E-state index in [-0.39, 0.29) is 36.2 Å². The molecule has 0 bridgehead atoms. The summed E-state index contributed by atoms with van der Waals surface area (Å²) in [5, 5.41) is 38.9. The van der Waals surface area contributed by atoms with Gasteiger partial charge >= 0.3 is 5.97 Å². The van der Waals surface area contributed by atoms with Gasteiger partial charge in [-0.3, -0.25) is 9.79 Å². The second kappa shape index (κ2) is 15.3. The van der Waals surface area contributed by atoms with Gasteiger partial charge in [-0.1, -0.05) is 25.7 Å². The van der Waals surface area contributed by atoms with E-state index < -0.39 is 23.6 Å². The van der Waals surface area contributed by atoms with E-state index in [0.29, 0.717) is 49.5 Å². The third-order valence-corrected chi connectivity index (χ3v) is 10.1. The number of phenols is 1. The van der Waals surface area contributed by atoms with Crippen LogP contribution in [-0.4, -0.2) is 72.2 Å². The number of carbonyl (C=O) groups excluding carboxylic acids is 1. The van der Waals surface area contributed by atoms with Crippen molar-refractivity contribution in [3.05, 3.63) is 23.3 Å². The molecule has 0 radical (unpaired) electrons. The minimum absolute atomic E-state index is 0.00832. The van der Waals surface area contributed by atoms with Gasteiger partial charge in [0, 0.05) is 39.3 Å². The Morgan fingerprint density at radius 3 is 2.57 bits per heavy atom. The average molecular weight is 613 g/mol. The molecular weight excluding hydrogens is 560 g/mol. The molecule has 1 heterocycles. The lowest BCUT2D eigenvalue weighted by Crippen LogP contribution is -2.49. The summed E-state index contributed by atoms with van der Waals surface area (Å²) < 4.78 is 12.0. The van der Waals surface area contributed by atoms with Crippen molar-refractivity contribution in [1.29, 1.82) is 0 Å². The number of nitrogens with zero attached hydrogens (tertiary/aromatic N) is 1. The highest BCUT2D eigenvalue weighted by molar-refractivity contribution is 5.77. The maximum Gasteiger partial charge on any atom is 0.302 e. The molecule has 4 rings (SSSR count). The molecule has 0 spiro atoms. The molecule has 1 aromatic carbocycles. The van der Waals surface area contributed by atoms with Gasteiger partial charge in [-0.2, -0.15) is 0 Å². The quantitative estimate of drug-likeness (QED) is 0.107. The number of rotatable bonds is 9. The molecular formula is C34H52N4O6. The van der Waals surface area contributed by atoms with E-state index >= 15 is 0 Å². The number of esters is 1. The number of hydrogen-bond acceptors (Lipinski definition) is 8. The summed E-state index contributed by atoms with van der Waals surface area (Å²) >= 11 is 0. The highest BCUT2D eigenvalue weighted by atomic mass is 16.5. The third kappa shape index (κ3) is 8.38. The molecule has 2 fully saturated rings. The molecule has 2 aliphatic carbocycles. The summed E-state index contributed by atoms with van der Waals surface area (Å²) in [5.41, 5.74) is 6.97. The molecule has 4 atom stereocenters. The van der Waals surface area contributed by atoms with Gasteiger partial charge in [0.1, 0.15) is 12.2 Å². The Kier molecular flexibility index (Phi) is 11.8. The number of piperidine rings is 1. The van der Waals surface area contributed by atoms with Crippen molar-refractivity contribution in [3.63, 3.8) is 0 Å². The smallest absolute Gasteiger partial charge is 0.302 e. The molecule has 10 nitrogen and oxygen atoms in total. The van der Waals surface area contributed by atoms with Crippen LogP contribution in [0.1, 0.15) is 89.2 Å². The molecule has 0 amide bonds. The van der Waals surface area contributed by atoms with Gasteiger partial charge in [0.05, 0.1) is 18.1 Å². The van der Waals surface area contributed by atoms with Crippen LogP contribution in [0.3, 0.4) is 0 Å². The van der Waals surface area contributed by atoms with Crippen LogP contribution < -0.4 is 21.1 Å². The zero-order valence-electron chi connectivity index (χ0n) is 26.7. The number of guanidine groups is 1. The number of aromatic hydroxyl groups is 1. The van der Waals surface area contributed by atoms with E-state index in [0.717, 1.165) is 57.2 Å². The Balaban J connectivity index is 1.70. The molecule has 44 heavy (non-hydrogen) atoms. The molecule has 1 saturated heterocycles. The van der Waals surface area contributed by atoms with Crippen molar-refractivity contribution in [1.82, 2.24) is 10.6 Å². The van der Waals surface area contributed by atoms with Gasteiger partial charge in [-0.05, 0) is 86.7 Å². The minimum atomic E-state index is -0.695. The van der Waals surface area contributed by atoms with Crippen LogP contribution in [0.15, 0.2) is 17.1 Å². The average Bonchev–Trinajstić information content (AvgIpc) is 3.46. The van der Waals surface area contributed by atoms with Gasteiger partial charge in [0.15, 0.2) is 17.5 Å². The van der Waals surface area contributed by atoms with Crippen molar-refractivity contribution in [3.8, 4) is 23.3 Å². The van der Waals surface area contributed by atoms with Gasteiger partial charge in [-0.25, -0.2) is 0 Å². The summed E-state index contributed by atoms with van der Waals surface area (Å²) in [6.45, 7) is 5.68. The van der Waals surface area contributed by atoms with Crippen LogP contribution in [0.4, 0.5) is 0 Å². The molecule has 7 N–H and O–H groups in total. The first-order valence-corrected chi connectivity index (χ1v) is 16.2. The molecule has 0 aromatic heterocycles. The molecule has 1 saturated carbocycles. The summed E-state index contributed by atoms with van der Waals surface area (Å²) in [6, 6.07) is 3.36. The second-order valence-corrected chi connectivity index (χ2v) is 13.2. The molecule has 10 heteroatoms. The number of aliphatic imine (C=N–C) groups is 1. The van der Waals surface area contributed by atoms with Gasteiger partial charge in [0.2, 0.25) is 0 Å². The number of benzene rings is 1. The van der Waals surface area contributed by atoms with E-state index in [1.165, 1.54) is 6.92 Å². The van der Waals surface area contributed by atoms with Crippen molar-refractivity contribution >= 4 is 11.9 Å². The maximum absolute atomic E-state index is 12.2. The number of carbonyl (C=O) groups is 1. The fourth-order valence-electron chi connectivity index (χ4n) is 7.31. The van der Waals surface area contributed by atoms with Gasteiger partial charge in [-0.15, -0.1) is 5.92 Å². The first-order chi connectivity index (χ1) is 21.1. The Bertz CT molecular complexity index is 1210. The number of aliphatic hydroxyl groups is 2. The Morgan fingerprint density at radius 1 is 1.18 bits per heavy atom. The highest BCUT2D eigenvalue weighted by Gasteiger charge is 2.49. The van der Waals surface area contributed by atoms with E-state index in [4.69, 9.17) is 15.2 Å². The maximum atomic E-state index is 12.2. The van der Waals surface area contributed by atoms with Gasteiger partial charge in [0.25, 0.3) is 0 Å². The van der Waals surface area contributed by atoms with Crippen molar-refractivity contribution in [2.75, 3.05) is 26.7 Å². The van der Waals surface area contributed by atoms with Crippen molar-refractivity contribution in [2.24, 2.45) is 27.5 Å². The van der Waals surface area contributed by atoms with Gasteiger partial charge < -0.3 is 41.2 Å². The van der Waals surface area contributed by atoms with Crippen LogP contribution in [-0.2, 0) is 22.6 Å². The number of nitrogens with one attached hydrogen (secondary N) is 2. The zero-order chi connectivity index (χ0) is 31.7. The van der Waals surface area contributed by atoms with E-state index in [2.05, 4.69) is 34.4 Å². The fourth-order valence-corrected chi connectivity index (χ4v) is 7.31. The molecule has 0 unspecified atom stereocenters. The number of ether oxygens (including phenoxy) is 2. The standard InChI is InChI=1S/C34H52N4O6/c1-23(40)43-30-20-27(41)8-14-34(22-38-32(35)36-3,33(2)11-4-5-12-33)13-6-7-24(30)17-25-19-31(29(42)18-26(25)21-39)44-28-9-15-37-16-10-28/h18-19,24,27-28,30,37,39,41-42H,4-5,7-12,14-17,20-22H2,1-3H3,(H3,35,36,38)/t24-,27+,30+,34-/m1/s1. The minimum Gasteiger partial charge on any atom is -0.504 e. The predicted molar refractivity (Wildman–Crippen MR) is 170 cm³/mol.